The maximum Gasteiger partial charge on any atom is 0.141 e. The van der Waals surface area contributed by atoms with E-state index in [0.717, 1.165) is 54.0 Å². The van der Waals surface area contributed by atoms with Gasteiger partial charge in [-0.15, -0.1) is 0 Å². The lowest BCUT2D eigenvalue weighted by atomic mass is 9.99. The molecule has 0 saturated carbocycles. The van der Waals surface area contributed by atoms with Crippen molar-refractivity contribution >= 4 is 11.0 Å². The molecule has 4 rings (SSSR count). The van der Waals surface area contributed by atoms with Crippen molar-refractivity contribution in [3.8, 4) is 17.1 Å². The second-order valence-corrected chi connectivity index (χ2v) is 8.02. The standard InChI is InChI=1S/C27H29FN2O/c1-3-20(2)21-12-16-24(17-13-21)31-19-7-6-18-30-26-9-5-4-8-25(26)29-27(30)22-10-14-23(28)15-11-22/h4-5,8-17,20H,3,6-7,18-19H2,1-2H3. The molecule has 0 N–H and O–H groups in total. The second-order valence-electron chi connectivity index (χ2n) is 8.02. The molecule has 0 aliphatic rings. The largest absolute Gasteiger partial charge is 0.494 e. The monoisotopic (exact) mass is 416 g/mol. The zero-order chi connectivity index (χ0) is 21.6. The first-order valence-electron chi connectivity index (χ1n) is 11.1. The lowest BCUT2D eigenvalue weighted by Crippen LogP contribution is -2.04. The molecule has 1 aromatic heterocycles. The third kappa shape index (κ3) is 4.96. The zero-order valence-corrected chi connectivity index (χ0v) is 18.2. The molecule has 1 atom stereocenters. The summed E-state index contributed by atoms with van der Waals surface area (Å²) in [5.74, 6) is 2.14. The Morgan fingerprint density at radius 3 is 2.42 bits per heavy atom. The van der Waals surface area contributed by atoms with Crippen LogP contribution in [0, 0.1) is 5.82 Å². The van der Waals surface area contributed by atoms with Gasteiger partial charge in [0, 0.05) is 12.1 Å². The van der Waals surface area contributed by atoms with Gasteiger partial charge in [-0.3, -0.25) is 0 Å². The Morgan fingerprint density at radius 1 is 0.935 bits per heavy atom. The van der Waals surface area contributed by atoms with Gasteiger partial charge in [0.1, 0.15) is 17.4 Å². The molecule has 4 heteroatoms. The molecule has 1 unspecified atom stereocenters. The molecule has 3 aromatic carbocycles. The van der Waals surface area contributed by atoms with Crippen LogP contribution in [0.15, 0.2) is 72.8 Å². The molecule has 0 aliphatic carbocycles. The number of ether oxygens (including phenoxy) is 1. The lowest BCUT2D eigenvalue weighted by molar-refractivity contribution is 0.303. The van der Waals surface area contributed by atoms with E-state index >= 15 is 0 Å². The summed E-state index contributed by atoms with van der Waals surface area (Å²) >= 11 is 0. The summed E-state index contributed by atoms with van der Waals surface area (Å²) in [6, 6.07) is 23.1. The minimum Gasteiger partial charge on any atom is -0.494 e. The summed E-state index contributed by atoms with van der Waals surface area (Å²) in [5, 5.41) is 0. The number of aryl methyl sites for hydroxylation is 1. The van der Waals surface area contributed by atoms with Crippen molar-refractivity contribution in [1.29, 1.82) is 0 Å². The van der Waals surface area contributed by atoms with Gasteiger partial charge in [0.05, 0.1) is 17.6 Å². The van der Waals surface area contributed by atoms with Crippen molar-refractivity contribution in [2.75, 3.05) is 6.61 Å². The Balaban J connectivity index is 1.39. The zero-order valence-electron chi connectivity index (χ0n) is 18.2. The lowest BCUT2D eigenvalue weighted by Gasteiger charge is -2.12. The van der Waals surface area contributed by atoms with Crippen molar-refractivity contribution < 1.29 is 9.13 Å². The highest BCUT2D eigenvalue weighted by molar-refractivity contribution is 5.80. The molecule has 0 amide bonds. The van der Waals surface area contributed by atoms with Crippen molar-refractivity contribution in [2.24, 2.45) is 0 Å². The number of halogens is 1. The van der Waals surface area contributed by atoms with E-state index in [2.05, 4.69) is 48.7 Å². The van der Waals surface area contributed by atoms with Crippen LogP contribution in [0.2, 0.25) is 0 Å². The van der Waals surface area contributed by atoms with Crippen molar-refractivity contribution in [1.82, 2.24) is 9.55 Å². The molecule has 0 saturated heterocycles. The Bertz CT molecular complexity index is 1120. The predicted octanol–water partition coefficient (Wildman–Crippen LogP) is 7.22. The van der Waals surface area contributed by atoms with Gasteiger partial charge in [-0.1, -0.05) is 38.1 Å². The molecule has 0 fully saturated rings. The Labute approximate surface area is 183 Å². The predicted molar refractivity (Wildman–Crippen MR) is 125 cm³/mol. The first-order valence-corrected chi connectivity index (χ1v) is 11.1. The van der Waals surface area contributed by atoms with Gasteiger partial charge in [-0.25, -0.2) is 9.37 Å². The molecular formula is C27H29FN2O. The Hall–Kier alpha value is -3.14. The van der Waals surface area contributed by atoms with Crippen molar-refractivity contribution in [3.05, 3.63) is 84.2 Å². The number of aromatic nitrogens is 2. The fraction of sp³-hybridized carbons (Fsp3) is 0.296. The van der Waals surface area contributed by atoms with Gasteiger partial charge >= 0.3 is 0 Å². The highest BCUT2D eigenvalue weighted by Gasteiger charge is 2.12. The van der Waals surface area contributed by atoms with Crippen molar-refractivity contribution in [3.63, 3.8) is 0 Å². The fourth-order valence-electron chi connectivity index (χ4n) is 3.81. The fourth-order valence-corrected chi connectivity index (χ4v) is 3.81. The molecule has 160 valence electrons. The molecule has 0 radical (unpaired) electrons. The number of fused-ring (bicyclic) bond motifs is 1. The summed E-state index contributed by atoms with van der Waals surface area (Å²) in [7, 11) is 0. The van der Waals surface area contributed by atoms with Gasteiger partial charge in [0.2, 0.25) is 0 Å². The van der Waals surface area contributed by atoms with Gasteiger partial charge in [0.25, 0.3) is 0 Å². The number of nitrogens with zero attached hydrogens (tertiary/aromatic N) is 2. The number of unbranched alkanes of at least 4 members (excludes halogenated alkanes) is 1. The van der Waals surface area contributed by atoms with Crippen LogP contribution in [0.25, 0.3) is 22.4 Å². The normalized spacial score (nSPS) is 12.2. The van der Waals surface area contributed by atoms with E-state index in [1.165, 1.54) is 17.7 Å². The second kappa shape index (κ2) is 9.78. The number of benzene rings is 3. The van der Waals surface area contributed by atoms with Crippen LogP contribution >= 0.6 is 0 Å². The summed E-state index contributed by atoms with van der Waals surface area (Å²) in [5.41, 5.74) is 4.34. The third-order valence-corrected chi connectivity index (χ3v) is 5.86. The molecule has 4 aromatic rings. The third-order valence-electron chi connectivity index (χ3n) is 5.86. The van der Waals surface area contributed by atoms with Gasteiger partial charge in [0.15, 0.2) is 0 Å². The first kappa shape index (κ1) is 21.1. The molecule has 0 bridgehead atoms. The van der Waals surface area contributed by atoms with Crippen LogP contribution in [0.3, 0.4) is 0 Å². The van der Waals surface area contributed by atoms with E-state index in [-0.39, 0.29) is 5.82 Å². The molecule has 3 nitrogen and oxygen atoms in total. The molecular weight excluding hydrogens is 387 g/mol. The van der Waals surface area contributed by atoms with E-state index in [1.807, 2.05) is 18.2 Å². The topological polar surface area (TPSA) is 27.1 Å². The average molecular weight is 417 g/mol. The van der Waals surface area contributed by atoms with Crippen LogP contribution in [-0.4, -0.2) is 16.2 Å². The summed E-state index contributed by atoms with van der Waals surface area (Å²) in [6.45, 7) is 5.97. The SMILES string of the molecule is CCC(C)c1ccc(OCCCCn2c(-c3ccc(F)cc3)nc3ccccc32)cc1. The van der Waals surface area contributed by atoms with Gasteiger partial charge in [-0.2, -0.15) is 0 Å². The van der Waals surface area contributed by atoms with Crippen LogP contribution in [0.4, 0.5) is 4.39 Å². The van der Waals surface area contributed by atoms with E-state index in [9.17, 15) is 4.39 Å². The number of rotatable bonds is 9. The summed E-state index contributed by atoms with van der Waals surface area (Å²) in [6.07, 6.45) is 3.06. The van der Waals surface area contributed by atoms with E-state index in [4.69, 9.17) is 9.72 Å². The summed E-state index contributed by atoms with van der Waals surface area (Å²) in [4.78, 5) is 4.80. The molecule has 0 spiro atoms. The average Bonchev–Trinajstić information content (AvgIpc) is 3.18. The van der Waals surface area contributed by atoms with Gasteiger partial charge in [-0.05, 0) is 79.3 Å². The van der Waals surface area contributed by atoms with Crippen LogP contribution < -0.4 is 4.74 Å². The smallest absolute Gasteiger partial charge is 0.141 e. The van der Waals surface area contributed by atoms with Crippen LogP contribution in [0.5, 0.6) is 5.75 Å². The minimum atomic E-state index is -0.235. The first-order chi connectivity index (χ1) is 15.2. The van der Waals surface area contributed by atoms with Crippen molar-refractivity contribution in [2.45, 2.75) is 45.6 Å². The van der Waals surface area contributed by atoms with Crippen LogP contribution in [-0.2, 0) is 6.54 Å². The number of hydrogen-bond acceptors (Lipinski definition) is 2. The molecule has 0 aliphatic heterocycles. The summed E-state index contributed by atoms with van der Waals surface area (Å²) < 4.78 is 21.5. The molecule has 31 heavy (non-hydrogen) atoms. The number of hydrogen-bond donors (Lipinski definition) is 0. The number of imidazole rings is 1. The van der Waals surface area contributed by atoms with Crippen LogP contribution in [0.1, 0.15) is 44.6 Å². The Kier molecular flexibility index (Phi) is 6.66. The highest BCUT2D eigenvalue weighted by Crippen LogP contribution is 2.26. The van der Waals surface area contributed by atoms with E-state index in [1.54, 1.807) is 12.1 Å². The van der Waals surface area contributed by atoms with Gasteiger partial charge < -0.3 is 9.30 Å². The maximum atomic E-state index is 13.4. The Morgan fingerprint density at radius 2 is 1.68 bits per heavy atom. The molecule has 1 heterocycles. The van der Waals surface area contributed by atoms with E-state index in [0.29, 0.717) is 12.5 Å². The minimum absolute atomic E-state index is 0.235. The maximum absolute atomic E-state index is 13.4. The van der Waals surface area contributed by atoms with E-state index < -0.39 is 0 Å². The quantitative estimate of drug-likeness (QED) is 0.269. The highest BCUT2D eigenvalue weighted by atomic mass is 19.1. The number of para-hydroxylation sites is 2.